The molecule has 2 aromatic heterocycles. The van der Waals surface area contributed by atoms with Gasteiger partial charge in [-0.25, -0.2) is 9.37 Å². The molecule has 1 saturated carbocycles. The number of nitriles is 1. The van der Waals surface area contributed by atoms with Crippen molar-refractivity contribution in [1.82, 2.24) is 15.0 Å². The van der Waals surface area contributed by atoms with E-state index in [2.05, 4.69) is 21.4 Å². The fourth-order valence-corrected chi connectivity index (χ4v) is 5.35. The highest BCUT2D eigenvalue weighted by Gasteiger charge is 2.41. The molecule has 1 unspecified atom stereocenters. The number of carbonyl (C=O) groups is 1. The molecule has 172 valence electrons. The molecule has 0 aliphatic heterocycles. The lowest BCUT2D eigenvalue weighted by molar-refractivity contribution is -0.114. The second kappa shape index (κ2) is 8.53. The smallest absolute Gasteiger partial charge is 0.221 e. The maximum Gasteiger partial charge on any atom is 0.221 e. The van der Waals surface area contributed by atoms with Crippen molar-refractivity contribution in [2.24, 2.45) is 5.92 Å². The van der Waals surface area contributed by atoms with Crippen LogP contribution in [0.4, 0.5) is 10.1 Å². The van der Waals surface area contributed by atoms with Crippen molar-refractivity contribution < 1.29 is 9.18 Å². The van der Waals surface area contributed by atoms with E-state index >= 15 is 0 Å². The Hall–Kier alpha value is -3.79. The number of pyridine rings is 1. The van der Waals surface area contributed by atoms with E-state index in [1.165, 1.54) is 13.0 Å². The summed E-state index contributed by atoms with van der Waals surface area (Å²) in [6.45, 7) is 3.43. The zero-order valence-corrected chi connectivity index (χ0v) is 19.2. The lowest BCUT2D eigenvalue weighted by Gasteiger charge is -2.36. The summed E-state index contributed by atoms with van der Waals surface area (Å²) in [7, 11) is 0. The number of anilines is 1. The summed E-state index contributed by atoms with van der Waals surface area (Å²) in [4.78, 5) is 23.8. The number of hydrogen-bond donors (Lipinski definition) is 2. The van der Waals surface area contributed by atoms with Crippen molar-refractivity contribution in [2.45, 2.75) is 50.9 Å². The third kappa shape index (κ3) is 3.90. The van der Waals surface area contributed by atoms with Gasteiger partial charge in [0, 0.05) is 24.2 Å². The molecule has 0 spiro atoms. The zero-order chi connectivity index (χ0) is 23.9. The SMILES string of the molecule is CC(=O)Nc1ccc2nc(C(C)(C#N)[C@H]3CC[C@@H](c4ccnc5ccc(F)cc54)CC3)[nH]c2c1. The summed E-state index contributed by atoms with van der Waals surface area (Å²) in [6, 6.07) is 14.8. The van der Waals surface area contributed by atoms with E-state index in [9.17, 15) is 14.4 Å². The molecule has 7 heteroatoms. The molecule has 0 bridgehead atoms. The van der Waals surface area contributed by atoms with Crippen LogP contribution in [0.1, 0.15) is 56.8 Å². The monoisotopic (exact) mass is 455 g/mol. The van der Waals surface area contributed by atoms with Gasteiger partial charge in [-0.1, -0.05) is 0 Å². The van der Waals surface area contributed by atoms with Gasteiger partial charge in [-0.05, 0) is 92.5 Å². The normalized spacial score (nSPS) is 20.1. The number of H-pyrrole nitrogens is 1. The largest absolute Gasteiger partial charge is 0.341 e. The maximum absolute atomic E-state index is 13.9. The van der Waals surface area contributed by atoms with Crippen molar-refractivity contribution in [1.29, 1.82) is 5.26 Å². The molecule has 2 aromatic carbocycles. The minimum Gasteiger partial charge on any atom is -0.341 e. The summed E-state index contributed by atoms with van der Waals surface area (Å²) in [5.74, 6) is 0.725. The van der Waals surface area contributed by atoms with Crippen LogP contribution in [0.5, 0.6) is 0 Å². The maximum atomic E-state index is 13.9. The van der Waals surface area contributed by atoms with Crippen molar-refractivity contribution >= 4 is 33.5 Å². The van der Waals surface area contributed by atoms with Crippen molar-refractivity contribution in [3.05, 3.63) is 65.9 Å². The van der Waals surface area contributed by atoms with Gasteiger partial charge in [0.25, 0.3) is 0 Å². The van der Waals surface area contributed by atoms with E-state index in [1.54, 1.807) is 18.3 Å². The Bertz CT molecular complexity index is 1430. The van der Waals surface area contributed by atoms with Crippen LogP contribution in [0.3, 0.4) is 0 Å². The lowest BCUT2D eigenvalue weighted by Crippen LogP contribution is -2.34. The van der Waals surface area contributed by atoms with Crippen LogP contribution < -0.4 is 5.32 Å². The first kappa shape index (κ1) is 22.0. The van der Waals surface area contributed by atoms with Crippen molar-refractivity contribution in [3.8, 4) is 6.07 Å². The van der Waals surface area contributed by atoms with Crippen LogP contribution in [0.2, 0.25) is 0 Å². The van der Waals surface area contributed by atoms with Crippen LogP contribution in [0.15, 0.2) is 48.7 Å². The highest BCUT2D eigenvalue weighted by atomic mass is 19.1. The lowest BCUT2D eigenvalue weighted by atomic mass is 9.67. The number of halogens is 1. The summed E-state index contributed by atoms with van der Waals surface area (Å²) in [6.07, 6.45) is 5.39. The van der Waals surface area contributed by atoms with Gasteiger partial charge in [-0.15, -0.1) is 0 Å². The fraction of sp³-hybridized carbons (Fsp3) is 0.333. The van der Waals surface area contributed by atoms with Gasteiger partial charge in [0.1, 0.15) is 17.1 Å². The van der Waals surface area contributed by atoms with Gasteiger partial charge < -0.3 is 10.3 Å². The molecule has 0 saturated heterocycles. The third-order valence-corrected chi connectivity index (χ3v) is 7.25. The van der Waals surface area contributed by atoms with Crippen molar-refractivity contribution in [2.75, 3.05) is 5.32 Å². The van der Waals surface area contributed by atoms with E-state index in [4.69, 9.17) is 4.98 Å². The standard InChI is InChI=1S/C27H26FN5O/c1-16(34)31-20-8-10-24-25(14-20)33-26(32-24)27(2,15-29)18-5-3-17(4-6-18)21-11-12-30-23-9-7-19(28)13-22(21)23/h7-14,17-18H,3-6H2,1-2H3,(H,31,34)(H,32,33)/t17-,18+,27?. The Labute approximate surface area is 197 Å². The molecule has 0 radical (unpaired) electrons. The molecular formula is C27H26FN5O. The topological polar surface area (TPSA) is 94.5 Å². The number of nitrogens with zero attached hydrogens (tertiary/aromatic N) is 3. The quantitative estimate of drug-likeness (QED) is 0.397. The Morgan fingerprint density at radius 1 is 1.15 bits per heavy atom. The highest BCUT2D eigenvalue weighted by molar-refractivity contribution is 5.91. The molecule has 1 aliphatic carbocycles. The first-order valence-electron chi connectivity index (χ1n) is 11.6. The van der Waals surface area contributed by atoms with E-state index in [-0.39, 0.29) is 17.6 Å². The van der Waals surface area contributed by atoms with Crippen LogP contribution >= 0.6 is 0 Å². The van der Waals surface area contributed by atoms with Crippen LogP contribution in [-0.2, 0) is 10.2 Å². The fourth-order valence-electron chi connectivity index (χ4n) is 5.35. The summed E-state index contributed by atoms with van der Waals surface area (Å²) in [5.41, 5.74) is 3.44. The molecule has 2 N–H and O–H groups in total. The zero-order valence-electron chi connectivity index (χ0n) is 19.2. The number of hydrogen-bond acceptors (Lipinski definition) is 4. The molecule has 1 aliphatic rings. The van der Waals surface area contributed by atoms with Gasteiger partial charge >= 0.3 is 0 Å². The van der Waals surface area contributed by atoms with Gasteiger partial charge in [0.05, 0.1) is 22.6 Å². The Kier molecular flexibility index (Phi) is 5.52. The van der Waals surface area contributed by atoms with Gasteiger partial charge in [0.2, 0.25) is 5.91 Å². The molecule has 6 nitrogen and oxygen atoms in total. The van der Waals surface area contributed by atoms with E-state index in [1.807, 2.05) is 31.2 Å². The predicted molar refractivity (Wildman–Crippen MR) is 130 cm³/mol. The number of rotatable bonds is 4. The number of imidazole rings is 1. The van der Waals surface area contributed by atoms with Gasteiger partial charge in [-0.2, -0.15) is 5.26 Å². The highest BCUT2D eigenvalue weighted by Crippen LogP contribution is 2.45. The van der Waals surface area contributed by atoms with E-state index < -0.39 is 5.41 Å². The molecule has 34 heavy (non-hydrogen) atoms. The van der Waals surface area contributed by atoms with Crippen LogP contribution in [-0.4, -0.2) is 20.9 Å². The molecule has 1 amide bonds. The van der Waals surface area contributed by atoms with Crippen molar-refractivity contribution in [3.63, 3.8) is 0 Å². The summed E-state index contributed by atoms with van der Waals surface area (Å²) in [5, 5.41) is 13.9. The third-order valence-electron chi connectivity index (χ3n) is 7.25. The predicted octanol–water partition coefficient (Wildman–Crippen LogP) is 5.96. The van der Waals surface area contributed by atoms with Crippen LogP contribution in [0.25, 0.3) is 21.9 Å². The van der Waals surface area contributed by atoms with Crippen LogP contribution in [0, 0.1) is 23.1 Å². The number of fused-ring (bicyclic) bond motifs is 2. The minimum atomic E-state index is -0.759. The molecule has 2 heterocycles. The summed E-state index contributed by atoms with van der Waals surface area (Å²) < 4.78 is 13.9. The first-order valence-corrected chi connectivity index (χ1v) is 11.6. The van der Waals surface area contributed by atoms with Gasteiger partial charge in [0.15, 0.2) is 0 Å². The number of benzene rings is 2. The Morgan fingerprint density at radius 2 is 1.91 bits per heavy atom. The molecule has 1 atom stereocenters. The van der Waals surface area contributed by atoms with E-state index in [0.29, 0.717) is 17.4 Å². The number of amides is 1. The molecule has 4 aromatic rings. The number of aromatic amines is 1. The average molecular weight is 456 g/mol. The molecule has 5 rings (SSSR count). The second-order valence-electron chi connectivity index (χ2n) is 9.42. The first-order chi connectivity index (χ1) is 16.4. The minimum absolute atomic E-state index is 0.137. The van der Waals surface area contributed by atoms with Gasteiger partial charge in [-0.3, -0.25) is 9.78 Å². The average Bonchev–Trinajstić information content (AvgIpc) is 3.27. The second-order valence-corrected chi connectivity index (χ2v) is 9.42. The van der Waals surface area contributed by atoms with E-state index in [0.717, 1.165) is 53.2 Å². The molecule has 1 fully saturated rings. The Morgan fingerprint density at radius 3 is 2.65 bits per heavy atom. The number of aromatic nitrogens is 3. The number of nitrogens with one attached hydrogen (secondary N) is 2. The Balaban J connectivity index is 1.39. The summed E-state index contributed by atoms with van der Waals surface area (Å²) >= 11 is 0. The molecular weight excluding hydrogens is 429 g/mol. The number of carbonyl (C=O) groups excluding carboxylic acids is 1.